The molecule has 1 aliphatic rings. The monoisotopic (exact) mass is 192 g/mol. The Morgan fingerprint density at radius 3 is 3.14 bits per heavy atom. The normalized spacial score (nSPS) is 15.1. The second kappa shape index (κ2) is 4.19. The summed E-state index contributed by atoms with van der Waals surface area (Å²) in [5.74, 6) is 0.406. The first-order chi connectivity index (χ1) is 6.86. The average Bonchev–Trinajstić information content (AvgIpc) is 3.03. The second-order valence-electron chi connectivity index (χ2n) is 3.43. The van der Waals surface area contributed by atoms with Gasteiger partial charge in [-0.2, -0.15) is 0 Å². The van der Waals surface area contributed by atoms with Gasteiger partial charge in [0.25, 0.3) is 5.91 Å². The Kier molecular flexibility index (Phi) is 2.74. The van der Waals surface area contributed by atoms with Crippen LogP contribution in [-0.4, -0.2) is 17.5 Å². The van der Waals surface area contributed by atoms with Crippen LogP contribution in [0, 0.1) is 5.92 Å². The maximum atomic E-state index is 11.4. The van der Waals surface area contributed by atoms with Crippen LogP contribution in [0.2, 0.25) is 0 Å². The van der Waals surface area contributed by atoms with Crippen LogP contribution in [0.4, 0.5) is 0 Å². The zero-order valence-electron chi connectivity index (χ0n) is 7.77. The number of amides is 1. The zero-order valence-corrected chi connectivity index (χ0v) is 7.77. The summed E-state index contributed by atoms with van der Waals surface area (Å²) in [5, 5.41) is 0. The Bertz CT molecular complexity index is 309. The molecule has 0 saturated heterocycles. The number of hydrogen-bond donors (Lipinski definition) is 1. The fourth-order valence-electron chi connectivity index (χ4n) is 1.07. The standard InChI is InChI=1S/C10H12N2O2/c13-10(9-2-1-5-11-6-9)12-14-7-8-3-4-8/h1-2,5-6,8H,3-4,7H2,(H,12,13). The van der Waals surface area contributed by atoms with Crippen molar-refractivity contribution in [1.29, 1.82) is 0 Å². The van der Waals surface area contributed by atoms with Crippen LogP contribution in [0.5, 0.6) is 0 Å². The van der Waals surface area contributed by atoms with Gasteiger partial charge < -0.3 is 0 Å². The van der Waals surface area contributed by atoms with Gasteiger partial charge in [-0.25, -0.2) is 5.48 Å². The number of carbonyl (C=O) groups excluding carboxylic acids is 1. The van der Waals surface area contributed by atoms with E-state index in [-0.39, 0.29) is 5.91 Å². The third kappa shape index (κ3) is 2.53. The van der Waals surface area contributed by atoms with Gasteiger partial charge in [-0.05, 0) is 30.9 Å². The molecular weight excluding hydrogens is 180 g/mol. The van der Waals surface area contributed by atoms with Gasteiger partial charge in [0, 0.05) is 12.4 Å². The van der Waals surface area contributed by atoms with Gasteiger partial charge >= 0.3 is 0 Å². The predicted molar refractivity (Wildman–Crippen MR) is 50.4 cm³/mol. The molecule has 1 N–H and O–H groups in total. The summed E-state index contributed by atoms with van der Waals surface area (Å²) in [6.07, 6.45) is 5.56. The fourth-order valence-corrected chi connectivity index (χ4v) is 1.07. The Balaban J connectivity index is 1.77. The van der Waals surface area contributed by atoms with Gasteiger partial charge in [0.05, 0.1) is 12.2 Å². The van der Waals surface area contributed by atoms with Crippen LogP contribution in [0.3, 0.4) is 0 Å². The van der Waals surface area contributed by atoms with Crippen molar-refractivity contribution in [2.75, 3.05) is 6.61 Å². The lowest BCUT2D eigenvalue weighted by atomic mass is 10.3. The largest absolute Gasteiger partial charge is 0.276 e. The highest BCUT2D eigenvalue weighted by atomic mass is 16.7. The topological polar surface area (TPSA) is 51.2 Å². The number of nitrogens with one attached hydrogen (secondary N) is 1. The Morgan fingerprint density at radius 2 is 2.50 bits per heavy atom. The molecule has 0 atom stereocenters. The first-order valence-corrected chi connectivity index (χ1v) is 4.68. The van der Waals surface area contributed by atoms with Crippen LogP contribution >= 0.6 is 0 Å². The molecule has 1 aliphatic carbocycles. The van der Waals surface area contributed by atoms with Crippen LogP contribution in [0.25, 0.3) is 0 Å². The maximum absolute atomic E-state index is 11.4. The van der Waals surface area contributed by atoms with Crippen molar-refractivity contribution in [3.05, 3.63) is 30.1 Å². The minimum absolute atomic E-state index is 0.237. The summed E-state index contributed by atoms with van der Waals surface area (Å²) in [4.78, 5) is 20.3. The van der Waals surface area contributed by atoms with Gasteiger partial charge in [-0.3, -0.25) is 14.6 Å². The van der Waals surface area contributed by atoms with Crippen LogP contribution in [0.1, 0.15) is 23.2 Å². The molecule has 2 rings (SSSR count). The zero-order chi connectivity index (χ0) is 9.80. The van der Waals surface area contributed by atoms with Gasteiger partial charge in [-0.15, -0.1) is 0 Å². The fraction of sp³-hybridized carbons (Fsp3) is 0.400. The maximum Gasteiger partial charge on any atom is 0.276 e. The molecule has 14 heavy (non-hydrogen) atoms. The molecule has 1 heterocycles. The Hall–Kier alpha value is -1.42. The van der Waals surface area contributed by atoms with Crippen LogP contribution in [-0.2, 0) is 4.84 Å². The molecule has 0 radical (unpaired) electrons. The summed E-state index contributed by atoms with van der Waals surface area (Å²) in [6.45, 7) is 0.617. The highest BCUT2D eigenvalue weighted by Gasteiger charge is 2.21. The van der Waals surface area contributed by atoms with E-state index < -0.39 is 0 Å². The molecule has 1 saturated carbocycles. The molecule has 0 bridgehead atoms. The first kappa shape index (κ1) is 9.15. The molecule has 1 aromatic heterocycles. The Morgan fingerprint density at radius 1 is 1.64 bits per heavy atom. The summed E-state index contributed by atoms with van der Waals surface area (Å²) in [6, 6.07) is 3.42. The molecule has 0 aromatic carbocycles. The van der Waals surface area contributed by atoms with Crippen molar-refractivity contribution in [3.63, 3.8) is 0 Å². The number of carbonyl (C=O) groups is 1. The third-order valence-corrected chi connectivity index (χ3v) is 2.10. The van der Waals surface area contributed by atoms with Crippen molar-refractivity contribution >= 4 is 5.91 Å². The van der Waals surface area contributed by atoms with E-state index in [2.05, 4.69) is 10.5 Å². The lowest BCUT2D eigenvalue weighted by Crippen LogP contribution is -2.24. The minimum atomic E-state index is -0.237. The molecule has 1 aromatic rings. The van der Waals surface area contributed by atoms with Crippen molar-refractivity contribution in [3.8, 4) is 0 Å². The van der Waals surface area contributed by atoms with Crippen LogP contribution < -0.4 is 5.48 Å². The smallest absolute Gasteiger partial charge is 0.273 e. The molecular formula is C10H12N2O2. The molecule has 1 amide bonds. The molecule has 74 valence electrons. The molecule has 0 aliphatic heterocycles. The summed E-state index contributed by atoms with van der Waals surface area (Å²) >= 11 is 0. The molecule has 4 nitrogen and oxygen atoms in total. The van der Waals surface area contributed by atoms with E-state index in [4.69, 9.17) is 4.84 Å². The van der Waals surface area contributed by atoms with Crippen molar-refractivity contribution in [2.45, 2.75) is 12.8 Å². The quantitative estimate of drug-likeness (QED) is 0.728. The molecule has 1 fully saturated rings. The van der Waals surface area contributed by atoms with E-state index in [9.17, 15) is 4.79 Å². The van der Waals surface area contributed by atoms with E-state index in [1.165, 1.54) is 19.0 Å². The van der Waals surface area contributed by atoms with Crippen LogP contribution in [0.15, 0.2) is 24.5 Å². The summed E-state index contributed by atoms with van der Waals surface area (Å²) < 4.78 is 0. The molecule has 0 unspecified atom stereocenters. The lowest BCUT2D eigenvalue weighted by Gasteiger charge is -2.03. The van der Waals surface area contributed by atoms with Gasteiger partial charge in [0.2, 0.25) is 0 Å². The number of nitrogens with zero attached hydrogens (tertiary/aromatic N) is 1. The van der Waals surface area contributed by atoms with Crippen molar-refractivity contribution in [2.24, 2.45) is 5.92 Å². The van der Waals surface area contributed by atoms with Crippen molar-refractivity contribution in [1.82, 2.24) is 10.5 Å². The van der Waals surface area contributed by atoms with E-state index in [1.807, 2.05) is 0 Å². The summed E-state index contributed by atoms with van der Waals surface area (Å²) in [5.41, 5.74) is 2.91. The minimum Gasteiger partial charge on any atom is -0.273 e. The third-order valence-electron chi connectivity index (χ3n) is 2.10. The van der Waals surface area contributed by atoms with E-state index in [0.717, 1.165) is 0 Å². The number of hydrogen-bond acceptors (Lipinski definition) is 3. The van der Waals surface area contributed by atoms with E-state index >= 15 is 0 Å². The highest BCUT2D eigenvalue weighted by Crippen LogP contribution is 2.28. The Labute approximate surface area is 82.2 Å². The highest BCUT2D eigenvalue weighted by molar-refractivity contribution is 5.92. The molecule has 4 heteroatoms. The predicted octanol–water partition coefficient (Wildman–Crippen LogP) is 1.15. The average molecular weight is 192 g/mol. The van der Waals surface area contributed by atoms with E-state index in [0.29, 0.717) is 18.1 Å². The SMILES string of the molecule is O=C(NOCC1CC1)c1cccnc1. The first-order valence-electron chi connectivity index (χ1n) is 4.68. The number of hydroxylamine groups is 1. The van der Waals surface area contributed by atoms with Gasteiger partial charge in [0.1, 0.15) is 0 Å². The number of aromatic nitrogens is 1. The lowest BCUT2D eigenvalue weighted by molar-refractivity contribution is 0.0270. The number of rotatable bonds is 4. The van der Waals surface area contributed by atoms with Gasteiger partial charge in [0.15, 0.2) is 0 Å². The van der Waals surface area contributed by atoms with Gasteiger partial charge in [-0.1, -0.05) is 0 Å². The van der Waals surface area contributed by atoms with E-state index in [1.54, 1.807) is 18.3 Å². The molecule has 0 spiro atoms. The van der Waals surface area contributed by atoms with Crippen molar-refractivity contribution < 1.29 is 9.63 Å². The number of pyridine rings is 1. The second-order valence-corrected chi connectivity index (χ2v) is 3.43. The summed E-state index contributed by atoms with van der Waals surface area (Å²) in [7, 11) is 0.